The van der Waals surface area contributed by atoms with Gasteiger partial charge in [-0.1, -0.05) is 15.9 Å². The molecule has 5 heteroatoms. The fraction of sp³-hybridized carbons (Fsp3) is 0.462. The van der Waals surface area contributed by atoms with Crippen molar-refractivity contribution in [3.63, 3.8) is 0 Å². The van der Waals surface area contributed by atoms with Gasteiger partial charge in [0.05, 0.1) is 6.10 Å². The largest absolute Gasteiger partial charge is 0.399 e. The Hall–Kier alpha value is -1.07. The average Bonchev–Trinajstić information content (AvgIpc) is 2.37. The van der Waals surface area contributed by atoms with E-state index in [1.165, 1.54) is 0 Å². The van der Waals surface area contributed by atoms with Gasteiger partial charge in [0.25, 0.3) is 5.91 Å². The van der Waals surface area contributed by atoms with Gasteiger partial charge in [-0.3, -0.25) is 4.79 Å². The summed E-state index contributed by atoms with van der Waals surface area (Å²) in [7, 11) is 1.72. The van der Waals surface area contributed by atoms with Crippen LogP contribution in [0.25, 0.3) is 0 Å². The fourth-order valence-electron chi connectivity index (χ4n) is 2.21. The number of anilines is 1. The standard InChI is InChI=1S/C13H17BrN2O2/c1-18-12-2-4-16(5-3-12)13(17)9-6-10(14)8-11(15)7-9/h6-8,12H,2-5,15H2,1H3. The molecule has 1 fully saturated rings. The molecular weight excluding hydrogens is 296 g/mol. The predicted octanol–water partition coefficient (Wildman–Crippen LogP) is 2.28. The number of nitrogens with two attached hydrogens (primary N) is 1. The van der Waals surface area contributed by atoms with Crippen molar-refractivity contribution in [1.82, 2.24) is 4.90 Å². The highest BCUT2D eigenvalue weighted by Crippen LogP contribution is 2.21. The van der Waals surface area contributed by atoms with Crippen LogP contribution in [0.3, 0.4) is 0 Å². The summed E-state index contributed by atoms with van der Waals surface area (Å²) in [5.41, 5.74) is 6.98. The Morgan fingerprint density at radius 3 is 2.61 bits per heavy atom. The monoisotopic (exact) mass is 312 g/mol. The van der Waals surface area contributed by atoms with Crippen LogP contribution in [0.4, 0.5) is 5.69 Å². The van der Waals surface area contributed by atoms with Gasteiger partial charge in [-0.15, -0.1) is 0 Å². The predicted molar refractivity (Wildman–Crippen MR) is 74.5 cm³/mol. The maximum Gasteiger partial charge on any atom is 0.253 e. The molecule has 1 heterocycles. The number of rotatable bonds is 2. The Balaban J connectivity index is 2.07. The molecule has 1 aromatic rings. The van der Waals surface area contributed by atoms with E-state index < -0.39 is 0 Å². The van der Waals surface area contributed by atoms with Crippen molar-refractivity contribution in [3.8, 4) is 0 Å². The SMILES string of the molecule is COC1CCN(C(=O)c2cc(N)cc(Br)c2)CC1. The van der Waals surface area contributed by atoms with Crippen LogP contribution >= 0.6 is 15.9 Å². The average molecular weight is 313 g/mol. The number of hydrogen-bond donors (Lipinski definition) is 1. The summed E-state index contributed by atoms with van der Waals surface area (Å²) >= 11 is 3.36. The number of carbonyl (C=O) groups is 1. The molecule has 0 radical (unpaired) electrons. The van der Waals surface area contributed by atoms with Gasteiger partial charge in [-0.25, -0.2) is 0 Å². The van der Waals surface area contributed by atoms with Gasteiger partial charge in [-0.05, 0) is 31.0 Å². The summed E-state index contributed by atoms with van der Waals surface area (Å²) < 4.78 is 6.13. The molecule has 1 saturated heterocycles. The fourth-order valence-corrected chi connectivity index (χ4v) is 2.72. The molecule has 1 amide bonds. The molecule has 0 atom stereocenters. The molecule has 0 unspecified atom stereocenters. The van der Waals surface area contributed by atoms with Gasteiger partial charge in [0.1, 0.15) is 0 Å². The number of methoxy groups -OCH3 is 1. The number of likely N-dealkylation sites (tertiary alicyclic amines) is 1. The van der Waals surface area contributed by atoms with Gasteiger partial charge >= 0.3 is 0 Å². The number of carbonyl (C=O) groups excluding carboxylic acids is 1. The molecule has 0 bridgehead atoms. The second-order valence-corrected chi connectivity index (χ2v) is 5.42. The third-order valence-corrected chi connectivity index (χ3v) is 3.69. The lowest BCUT2D eigenvalue weighted by Crippen LogP contribution is -2.40. The van der Waals surface area contributed by atoms with Crippen molar-refractivity contribution in [2.75, 3.05) is 25.9 Å². The van der Waals surface area contributed by atoms with Gasteiger partial charge in [0.2, 0.25) is 0 Å². The zero-order valence-electron chi connectivity index (χ0n) is 10.4. The Morgan fingerprint density at radius 2 is 2.06 bits per heavy atom. The first-order valence-electron chi connectivity index (χ1n) is 5.98. The summed E-state index contributed by atoms with van der Waals surface area (Å²) in [5, 5.41) is 0. The molecule has 2 rings (SSSR count). The number of halogens is 1. The Morgan fingerprint density at radius 1 is 1.39 bits per heavy atom. The molecule has 0 spiro atoms. The zero-order chi connectivity index (χ0) is 13.1. The number of benzene rings is 1. The van der Waals surface area contributed by atoms with Crippen LogP contribution < -0.4 is 5.73 Å². The molecule has 0 aromatic heterocycles. The number of hydrogen-bond acceptors (Lipinski definition) is 3. The van der Waals surface area contributed by atoms with Crippen molar-refractivity contribution in [2.24, 2.45) is 0 Å². The van der Waals surface area contributed by atoms with Crippen molar-refractivity contribution >= 4 is 27.5 Å². The first-order chi connectivity index (χ1) is 8.60. The molecule has 98 valence electrons. The maximum absolute atomic E-state index is 12.3. The topological polar surface area (TPSA) is 55.6 Å². The van der Waals surface area contributed by atoms with Crippen molar-refractivity contribution in [3.05, 3.63) is 28.2 Å². The van der Waals surface area contributed by atoms with E-state index in [9.17, 15) is 4.79 Å². The van der Waals surface area contributed by atoms with Gasteiger partial charge < -0.3 is 15.4 Å². The third-order valence-electron chi connectivity index (χ3n) is 3.23. The summed E-state index contributed by atoms with van der Waals surface area (Å²) in [4.78, 5) is 14.2. The first-order valence-corrected chi connectivity index (χ1v) is 6.77. The second kappa shape index (κ2) is 5.71. The van der Waals surface area contributed by atoms with Crippen LogP contribution in [-0.4, -0.2) is 37.1 Å². The highest BCUT2D eigenvalue weighted by molar-refractivity contribution is 9.10. The van der Waals surface area contributed by atoms with E-state index in [-0.39, 0.29) is 12.0 Å². The normalized spacial score (nSPS) is 16.9. The highest BCUT2D eigenvalue weighted by atomic mass is 79.9. The quantitative estimate of drug-likeness (QED) is 0.852. The Bertz CT molecular complexity index is 422. The van der Waals surface area contributed by atoms with E-state index in [4.69, 9.17) is 10.5 Å². The molecule has 0 saturated carbocycles. The molecule has 0 aliphatic carbocycles. The van der Waals surface area contributed by atoms with Crippen LogP contribution in [0.5, 0.6) is 0 Å². The molecule has 2 N–H and O–H groups in total. The third kappa shape index (κ3) is 3.03. The van der Waals surface area contributed by atoms with Crippen molar-refractivity contribution in [2.45, 2.75) is 18.9 Å². The Kier molecular flexibility index (Phi) is 4.24. The smallest absolute Gasteiger partial charge is 0.253 e. The van der Waals surface area contributed by atoms with Gasteiger partial charge in [-0.2, -0.15) is 0 Å². The summed E-state index contributed by atoms with van der Waals surface area (Å²) in [6.07, 6.45) is 2.07. The maximum atomic E-state index is 12.3. The lowest BCUT2D eigenvalue weighted by Gasteiger charge is -2.31. The van der Waals surface area contributed by atoms with Gasteiger partial charge in [0, 0.05) is 35.9 Å². The van der Waals surface area contributed by atoms with E-state index in [1.54, 1.807) is 25.3 Å². The lowest BCUT2D eigenvalue weighted by molar-refractivity contribution is 0.0351. The first kappa shape index (κ1) is 13.4. The molecular formula is C13H17BrN2O2. The van der Waals surface area contributed by atoms with E-state index >= 15 is 0 Å². The lowest BCUT2D eigenvalue weighted by atomic mass is 10.1. The van der Waals surface area contributed by atoms with Crippen LogP contribution in [0.2, 0.25) is 0 Å². The number of amides is 1. The minimum absolute atomic E-state index is 0.0394. The molecule has 4 nitrogen and oxygen atoms in total. The van der Waals surface area contributed by atoms with E-state index in [2.05, 4.69) is 15.9 Å². The summed E-state index contributed by atoms with van der Waals surface area (Å²) in [6, 6.07) is 5.31. The number of nitrogens with zero attached hydrogens (tertiary/aromatic N) is 1. The van der Waals surface area contributed by atoms with Crippen molar-refractivity contribution < 1.29 is 9.53 Å². The van der Waals surface area contributed by atoms with Gasteiger partial charge in [0.15, 0.2) is 0 Å². The summed E-state index contributed by atoms with van der Waals surface area (Å²) in [6.45, 7) is 1.48. The van der Waals surface area contributed by atoms with Crippen molar-refractivity contribution in [1.29, 1.82) is 0 Å². The highest BCUT2D eigenvalue weighted by Gasteiger charge is 2.23. The number of piperidine rings is 1. The number of ether oxygens (including phenoxy) is 1. The van der Waals surface area contributed by atoms with Crippen LogP contribution in [0, 0.1) is 0 Å². The van der Waals surface area contributed by atoms with E-state index in [1.807, 2.05) is 4.90 Å². The minimum Gasteiger partial charge on any atom is -0.399 e. The number of nitrogen functional groups attached to an aromatic ring is 1. The molecule has 1 aromatic carbocycles. The Labute approximate surface area is 115 Å². The van der Waals surface area contributed by atoms with E-state index in [0.717, 1.165) is 30.4 Å². The molecule has 1 aliphatic rings. The molecule has 1 aliphatic heterocycles. The van der Waals surface area contributed by atoms with Crippen LogP contribution in [-0.2, 0) is 4.74 Å². The van der Waals surface area contributed by atoms with Crippen LogP contribution in [0.1, 0.15) is 23.2 Å². The van der Waals surface area contributed by atoms with Crippen LogP contribution in [0.15, 0.2) is 22.7 Å². The second-order valence-electron chi connectivity index (χ2n) is 4.50. The summed E-state index contributed by atoms with van der Waals surface area (Å²) in [5.74, 6) is 0.0394. The molecule has 18 heavy (non-hydrogen) atoms. The van der Waals surface area contributed by atoms with E-state index in [0.29, 0.717) is 11.3 Å². The minimum atomic E-state index is 0.0394. The zero-order valence-corrected chi connectivity index (χ0v) is 11.9.